The number of hydrogen-bond acceptors (Lipinski definition) is 6. The van der Waals surface area contributed by atoms with E-state index >= 15 is 0 Å². The lowest BCUT2D eigenvalue weighted by Crippen LogP contribution is -2.57. The molecule has 2 aromatic carbocycles. The third-order valence-electron chi connectivity index (χ3n) is 5.58. The summed E-state index contributed by atoms with van der Waals surface area (Å²) in [5, 5.41) is 40.9. The smallest absolute Gasteiger partial charge is 0.308 e. The van der Waals surface area contributed by atoms with Crippen LogP contribution in [0.5, 0.6) is 5.75 Å². The van der Waals surface area contributed by atoms with Gasteiger partial charge in [-0.25, -0.2) is 0 Å². The van der Waals surface area contributed by atoms with Crippen LogP contribution in [0, 0.1) is 5.92 Å². The van der Waals surface area contributed by atoms with Crippen LogP contribution < -0.4 is 4.74 Å². The van der Waals surface area contributed by atoms with E-state index in [0.717, 1.165) is 16.9 Å². The summed E-state index contributed by atoms with van der Waals surface area (Å²) in [4.78, 5) is 11.4. The molecule has 0 aromatic heterocycles. The molecule has 0 radical (unpaired) electrons. The highest BCUT2D eigenvalue weighted by Gasteiger charge is 2.47. The summed E-state index contributed by atoms with van der Waals surface area (Å²) < 4.78 is 11.5. The Kier molecular flexibility index (Phi) is 7.56. The van der Waals surface area contributed by atoms with E-state index in [9.17, 15) is 25.2 Å². The van der Waals surface area contributed by atoms with Gasteiger partial charge >= 0.3 is 5.97 Å². The SMILES string of the molecule is CCOc1ccccc1Cc1cc([C@@H]2O[C@H](C(C)C(=O)O)[C@@H](O)[C@@H](O)[C@H]2O)ccc1Cl. The lowest BCUT2D eigenvalue weighted by Gasteiger charge is -2.42. The maximum Gasteiger partial charge on any atom is 0.308 e. The minimum atomic E-state index is -1.55. The Hall–Kier alpha value is -2.16. The molecule has 3 rings (SSSR count). The van der Waals surface area contributed by atoms with Crippen LogP contribution in [0.2, 0.25) is 5.02 Å². The Morgan fingerprint density at radius 2 is 1.81 bits per heavy atom. The van der Waals surface area contributed by atoms with Gasteiger partial charge in [0.05, 0.1) is 18.6 Å². The van der Waals surface area contributed by atoms with E-state index < -0.39 is 42.4 Å². The van der Waals surface area contributed by atoms with Gasteiger partial charge in [0.2, 0.25) is 0 Å². The molecule has 8 heteroatoms. The van der Waals surface area contributed by atoms with Gasteiger partial charge < -0.3 is 29.9 Å². The Balaban J connectivity index is 1.92. The summed E-state index contributed by atoms with van der Waals surface area (Å²) in [5.74, 6) is -1.51. The van der Waals surface area contributed by atoms with Crippen molar-refractivity contribution in [2.24, 2.45) is 5.92 Å². The van der Waals surface area contributed by atoms with Crippen molar-refractivity contribution in [3.8, 4) is 5.75 Å². The number of benzene rings is 2. The molecule has 168 valence electrons. The molecule has 0 saturated carbocycles. The van der Waals surface area contributed by atoms with Gasteiger partial charge in [-0.2, -0.15) is 0 Å². The van der Waals surface area contributed by atoms with E-state index in [0.29, 0.717) is 23.6 Å². The highest BCUT2D eigenvalue weighted by molar-refractivity contribution is 6.31. The molecule has 1 heterocycles. The molecule has 0 bridgehead atoms. The zero-order valence-corrected chi connectivity index (χ0v) is 18.1. The van der Waals surface area contributed by atoms with Crippen LogP contribution in [0.4, 0.5) is 0 Å². The van der Waals surface area contributed by atoms with Crippen molar-refractivity contribution >= 4 is 17.6 Å². The highest BCUT2D eigenvalue weighted by atomic mass is 35.5. The second kappa shape index (κ2) is 9.97. The largest absolute Gasteiger partial charge is 0.494 e. The van der Waals surface area contributed by atoms with Crippen molar-refractivity contribution in [2.75, 3.05) is 6.61 Å². The molecule has 31 heavy (non-hydrogen) atoms. The normalized spacial score (nSPS) is 27.0. The Morgan fingerprint density at radius 3 is 2.48 bits per heavy atom. The maximum atomic E-state index is 11.4. The molecule has 1 unspecified atom stereocenters. The number of aliphatic hydroxyl groups excluding tert-OH is 3. The average Bonchev–Trinajstić information content (AvgIpc) is 2.75. The average molecular weight is 451 g/mol. The molecule has 0 spiro atoms. The fraction of sp³-hybridized carbons (Fsp3) is 0.435. The molecule has 1 fully saturated rings. The number of carboxylic acids is 1. The van der Waals surface area contributed by atoms with Crippen LogP contribution in [0.3, 0.4) is 0 Å². The van der Waals surface area contributed by atoms with Gasteiger partial charge in [0.25, 0.3) is 0 Å². The van der Waals surface area contributed by atoms with E-state index in [2.05, 4.69) is 0 Å². The second-order valence-corrected chi connectivity index (χ2v) is 8.10. The minimum Gasteiger partial charge on any atom is -0.494 e. The zero-order chi connectivity index (χ0) is 22.7. The van der Waals surface area contributed by atoms with E-state index in [4.69, 9.17) is 21.1 Å². The molecule has 0 amide bonds. The standard InChI is InChI=1S/C23H27ClO7/c1-3-30-17-7-5-4-6-13(17)10-15-11-14(8-9-16(15)24)22-20(27)18(25)19(26)21(31-22)12(2)23(28)29/h4-9,11-12,18-22,25-27H,3,10H2,1-2H3,(H,28,29)/t12?,18-,19+,20-,21-,22+/m1/s1. The number of carbonyl (C=O) groups is 1. The van der Waals surface area contributed by atoms with Gasteiger partial charge in [0.1, 0.15) is 30.2 Å². The second-order valence-electron chi connectivity index (χ2n) is 7.69. The Morgan fingerprint density at radius 1 is 1.10 bits per heavy atom. The maximum absolute atomic E-state index is 11.4. The summed E-state index contributed by atoms with van der Waals surface area (Å²) in [5.41, 5.74) is 2.21. The number of carboxylic acid groups (broad SMARTS) is 1. The quantitative estimate of drug-likeness (QED) is 0.512. The highest BCUT2D eigenvalue weighted by Crippen LogP contribution is 2.37. The van der Waals surface area contributed by atoms with Crippen LogP contribution in [-0.2, 0) is 16.0 Å². The van der Waals surface area contributed by atoms with Gasteiger partial charge in [-0.3, -0.25) is 4.79 Å². The fourth-order valence-electron chi connectivity index (χ4n) is 3.79. The van der Waals surface area contributed by atoms with Gasteiger partial charge in [-0.15, -0.1) is 0 Å². The van der Waals surface area contributed by atoms with Crippen molar-refractivity contribution in [2.45, 2.75) is 50.8 Å². The van der Waals surface area contributed by atoms with Gasteiger partial charge in [-0.05, 0) is 42.7 Å². The summed E-state index contributed by atoms with van der Waals surface area (Å²) in [6.45, 7) is 3.81. The number of aliphatic hydroxyl groups is 3. The first-order chi connectivity index (χ1) is 14.7. The third kappa shape index (κ3) is 5.02. The molecule has 2 aromatic rings. The molecular formula is C23H27ClO7. The van der Waals surface area contributed by atoms with Crippen molar-refractivity contribution in [3.05, 3.63) is 64.2 Å². The van der Waals surface area contributed by atoms with Crippen LogP contribution in [0.15, 0.2) is 42.5 Å². The first kappa shape index (κ1) is 23.5. The molecule has 1 aliphatic heterocycles. The summed E-state index contributed by atoms with van der Waals surface area (Å²) >= 11 is 6.41. The van der Waals surface area contributed by atoms with E-state index in [1.165, 1.54) is 6.92 Å². The zero-order valence-electron chi connectivity index (χ0n) is 17.3. The summed E-state index contributed by atoms with van der Waals surface area (Å²) in [6.07, 6.45) is -6.25. The third-order valence-corrected chi connectivity index (χ3v) is 5.95. The van der Waals surface area contributed by atoms with Gasteiger partial charge in [0.15, 0.2) is 0 Å². The molecule has 6 atom stereocenters. The predicted octanol–water partition coefficient (Wildman–Crippen LogP) is 2.57. The molecule has 1 saturated heterocycles. The van der Waals surface area contributed by atoms with Crippen LogP contribution in [0.1, 0.15) is 36.6 Å². The first-order valence-corrected chi connectivity index (χ1v) is 10.5. The number of halogens is 1. The molecular weight excluding hydrogens is 424 g/mol. The Bertz CT molecular complexity index is 919. The predicted molar refractivity (Wildman–Crippen MR) is 114 cm³/mol. The fourth-order valence-corrected chi connectivity index (χ4v) is 3.98. The lowest BCUT2D eigenvalue weighted by atomic mass is 9.86. The summed E-state index contributed by atoms with van der Waals surface area (Å²) in [7, 11) is 0. The van der Waals surface area contributed by atoms with Crippen molar-refractivity contribution < 1.29 is 34.7 Å². The number of ether oxygens (including phenoxy) is 2. The molecule has 1 aliphatic rings. The molecule has 0 aliphatic carbocycles. The van der Waals surface area contributed by atoms with E-state index in [1.54, 1.807) is 18.2 Å². The first-order valence-electron chi connectivity index (χ1n) is 10.2. The van der Waals surface area contributed by atoms with Gasteiger partial charge in [-0.1, -0.05) is 41.9 Å². The topological polar surface area (TPSA) is 116 Å². The van der Waals surface area contributed by atoms with Crippen LogP contribution in [0.25, 0.3) is 0 Å². The molecule has 4 N–H and O–H groups in total. The van der Waals surface area contributed by atoms with Crippen LogP contribution in [-0.4, -0.2) is 57.4 Å². The van der Waals surface area contributed by atoms with E-state index in [-0.39, 0.29) is 0 Å². The summed E-state index contributed by atoms with van der Waals surface area (Å²) in [6, 6.07) is 12.7. The minimum absolute atomic E-state index is 0.464. The number of hydrogen-bond donors (Lipinski definition) is 4. The Labute approximate surface area is 185 Å². The monoisotopic (exact) mass is 450 g/mol. The van der Waals surface area contributed by atoms with Crippen molar-refractivity contribution in [1.29, 1.82) is 0 Å². The number of para-hydroxylation sites is 1. The number of rotatable bonds is 7. The van der Waals surface area contributed by atoms with Crippen molar-refractivity contribution in [3.63, 3.8) is 0 Å². The van der Waals surface area contributed by atoms with Crippen molar-refractivity contribution in [1.82, 2.24) is 0 Å². The number of aliphatic carboxylic acids is 1. The van der Waals surface area contributed by atoms with Gasteiger partial charge in [0, 0.05) is 11.4 Å². The lowest BCUT2D eigenvalue weighted by molar-refractivity contribution is -0.237. The van der Waals surface area contributed by atoms with E-state index in [1.807, 2.05) is 31.2 Å². The molecule has 7 nitrogen and oxygen atoms in total. The van der Waals surface area contributed by atoms with Crippen LogP contribution >= 0.6 is 11.6 Å².